The number of carbonyl (C=O) groups excluding carboxylic acids is 1. The van der Waals surface area contributed by atoms with Gasteiger partial charge in [0.2, 0.25) is 0 Å². The Morgan fingerprint density at radius 2 is 2.08 bits per heavy atom. The molecule has 0 atom stereocenters. The summed E-state index contributed by atoms with van der Waals surface area (Å²) < 4.78 is 1.69. The summed E-state index contributed by atoms with van der Waals surface area (Å²) in [4.78, 5) is 21.2. The largest absolute Gasteiger partial charge is 0.337 e. The highest BCUT2D eigenvalue weighted by atomic mass is 16.2. The Morgan fingerprint density at radius 3 is 2.84 bits per heavy atom. The molecular weight excluding hydrogens is 318 g/mol. The maximum atomic E-state index is 11.9. The summed E-state index contributed by atoms with van der Waals surface area (Å²) >= 11 is 0. The highest BCUT2D eigenvalue weighted by molar-refractivity contribution is 5.87. The first kappa shape index (κ1) is 17.3. The minimum atomic E-state index is -0.300. The third-order valence-corrected chi connectivity index (χ3v) is 4.35. The van der Waals surface area contributed by atoms with Crippen LogP contribution in [0.25, 0.3) is 0 Å². The molecule has 2 amide bonds. The number of anilines is 1. The molecule has 8 nitrogen and oxygen atoms in total. The average Bonchev–Trinajstić information content (AvgIpc) is 3.03. The van der Waals surface area contributed by atoms with Crippen molar-refractivity contribution in [3.05, 3.63) is 29.0 Å². The van der Waals surface area contributed by atoms with Crippen LogP contribution in [0.2, 0.25) is 0 Å². The fourth-order valence-corrected chi connectivity index (χ4v) is 2.99. The molecular formula is C17H25N7O. The number of nitrogens with one attached hydrogen (secondary N) is 2. The molecule has 25 heavy (non-hydrogen) atoms. The molecule has 1 aliphatic carbocycles. The van der Waals surface area contributed by atoms with E-state index in [0.717, 1.165) is 24.4 Å². The molecule has 2 heterocycles. The molecule has 0 aliphatic heterocycles. The number of urea groups is 1. The molecule has 0 fully saturated rings. The Kier molecular flexibility index (Phi) is 5.25. The molecule has 0 bridgehead atoms. The van der Waals surface area contributed by atoms with Crippen molar-refractivity contribution in [1.29, 1.82) is 0 Å². The predicted molar refractivity (Wildman–Crippen MR) is 94.5 cm³/mol. The van der Waals surface area contributed by atoms with Crippen LogP contribution < -0.4 is 10.6 Å². The second-order valence-electron chi connectivity index (χ2n) is 6.67. The minimum absolute atomic E-state index is 0.204. The number of rotatable bonds is 5. The van der Waals surface area contributed by atoms with E-state index in [1.807, 2.05) is 20.8 Å². The van der Waals surface area contributed by atoms with Crippen molar-refractivity contribution in [1.82, 2.24) is 30.3 Å². The Labute approximate surface area is 147 Å². The van der Waals surface area contributed by atoms with E-state index in [-0.39, 0.29) is 12.1 Å². The van der Waals surface area contributed by atoms with E-state index in [2.05, 4.69) is 30.9 Å². The summed E-state index contributed by atoms with van der Waals surface area (Å²) in [6.07, 6.45) is 6.85. The van der Waals surface area contributed by atoms with E-state index >= 15 is 0 Å². The van der Waals surface area contributed by atoms with Crippen LogP contribution in [0.4, 0.5) is 10.6 Å². The summed E-state index contributed by atoms with van der Waals surface area (Å²) in [5.41, 5.74) is 3.58. The lowest BCUT2D eigenvalue weighted by Gasteiger charge is -2.17. The van der Waals surface area contributed by atoms with Gasteiger partial charge in [-0.3, -0.25) is 5.32 Å². The summed E-state index contributed by atoms with van der Waals surface area (Å²) in [6, 6.07) is -0.0963. The van der Waals surface area contributed by atoms with E-state index in [4.69, 9.17) is 0 Å². The highest BCUT2D eigenvalue weighted by Crippen LogP contribution is 2.21. The van der Waals surface area contributed by atoms with Crippen molar-refractivity contribution in [2.75, 3.05) is 11.9 Å². The fourth-order valence-electron chi connectivity index (χ4n) is 2.99. The molecule has 0 unspecified atom stereocenters. The third-order valence-electron chi connectivity index (χ3n) is 4.35. The van der Waals surface area contributed by atoms with Gasteiger partial charge in [-0.2, -0.15) is 0 Å². The van der Waals surface area contributed by atoms with Crippen LogP contribution in [0.5, 0.6) is 0 Å². The lowest BCUT2D eigenvalue weighted by atomic mass is 9.95. The highest BCUT2D eigenvalue weighted by Gasteiger charge is 2.15. The molecule has 8 heteroatoms. The van der Waals surface area contributed by atoms with E-state index in [1.165, 1.54) is 24.1 Å². The van der Waals surface area contributed by atoms with E-state index in [9.17, 15) is 4.79 Å². The van der Waals surface area contributed by atoms with Crippen LogP contribution in [0.3, 0.4) is 0 Å². The minimum Gasteiger partial charge on any atom is -0.337 e. The Morgan fingerprint density at radius 1 is 1.28 bits per heavy atom. The van der Waals surface area contributed by atoms with Crippen LogP contribution in [-0.4, -0.2) is 37.5 Å². The SMILES string of the molecule is Cc1nc(CCNC(=O)Nc2cn(C(C)C)nn2)nc2c1CCCC2. The average molecular weight is 343 g/mol. The van der Waals surface area contributed by atoms with Crippen LogP contribution in [0, 0.1) is 6.92 Å². The van der Waals surface area contributed by atoms with Gasteiger partial charge in [-0.15, -0.1) is 5.10 Å². The van der Waals surface area contributed by atoms with Gasteiger partial charge in [-0.1, -0.05) is 5.21 Å². The van der Waals surface area contributed by atoms with Crippen LogP contribution >= 0.6 is 0 Å². The number of amides is 2. The van der Waals surface area contributed by atoms with Crippen LogP contribution in [0.15, 0.2) is 6.20 Å². The molecule has 2 aromatic heterocycles. The summed E-state index contributed by atoms with van der Waals surface area (Å²) in [5, 5.41) is 13.4. The first-order valence-electron chi connectivity index (χ1n) is 8.85. The molecule has 2 aromatic rings. The third kappa shape index (κ3) is 4.32. The van der Waals surface area contributed by atoms with Crippen molar-refractivity contribution in [3.8, 4) is 0 Å². The first-order valence-corrected chi connectivity index (χ1v) is 8.85. The zero-order valence-corrected chi connectivity index (χ0v) is 15.0. The Bertz CT molecular complexity index is 753. The summed E-state index contributed by atoms with van der Waals surface area (Å²) in [7, 11) is 0. The second kappa shape index (κ2) is 7.58. The van der Waals surface area contributed by atoms with Gasteiger partial charge in [0.15, 0.2) is 5.82 Å². The van der Waals surface area contributed by atoms with Gasteiger partial charge >= 0.3 is 6.03 Å². The normalized spacial score (nSPS) is 13.6. The predicted octanol–water partition coefficient (Wildman–Crippen LogP) is 2.20. The second-order valence-corrected chi connectivity index (χ2v) is 6.67. The maximum Gasteiger partial charge on any atom is 0.320 e. The molecule has 0 saturated heterocycles. The lowest BCUT2D eigenvalue weighted by Crippen LogP contribution is -2.31. The molecule has 2 N–H and O–H groups in total. The fraction of sp³-hybridized carbons (Fsp3) is 0.588. The summed E-state index contributed by atoms with van der Waals surface area (Å²) in [5.74, 6) is 1.23. The van der Waals surface area contributed by atoms with Gasteiger partial charge in [0.1, 0.15) is 5.82 Å². The van der Waals surface area contributed by atoms with Crippen LogP contribution in [0.1, 0.15) is 55.5 Å². The number of nitrogens with zero attached hydrogens (tertiary/aromatic N) is 5. The number of hydrogen-bond acceptors (Lipinski definition) is 5. The van der Waals surface area contributed by atoms with Crippen molar-refractivity contribution in [2.24, 2.45) is 0 Å². The smallest absolute Gasteiger partial charge is 0.320 e. The quantitative estimate of drug-likeness (QED) is 0.867. The first-order chi connectivity index (χ1) is 12.0. The van der Waals surface area contributed by atoms with Gasteiger partial charge in [0, 0.05) is 30.4 Å². The number of fused-ring (bicyclic) bond motifs is 1. The van der Waals surface area contributed by atoms with Gasteiger partial charge in [0.05, 0.1) is 6.20 Å². The van der Waals surface area contributed by atoms with Crippen molar-refractivity contribution in [2.45, 2.75) is 58.9 Å². The Balaban J connectivity index is 1.50. The topological polar surface area (TPSA) is 97.6 Å². The monoisotopic (exact) mass is 343 g/mol. The van der Waals surface area contributed by atoms with Gasteiger partial charge in [-0.05, 0) is 52.0 Å². The van der Waals surface area contributed by atoms with E-state index in [1.54, 1.807) is 10.9 Å². The van der Waals surface area contributed by atoms with Gasteiger partial charge < -0.3 is 5.32 Å². The molecule has 0 saturated carbocycles. The molecule has 1 aliphatic rings. The molecule has 0 radical (unpaired) electrons. The van der Waals surface area contributed by atoms with Crippen molar-refractivity contribution >= 4 is 11.8 Å². The molecule has 0 aromatic carbocycles. The number of aromatic nitrogens is 5. The molecule has 0 spiro atoms. The van der Waals surface area contributed by atoms with E-state index < -0.39 is 0 Å². The number of aryl methyl sites for hydroxylation is 2. The van der Waals surface area contributed by atoms with Crippen molar-refractivity contribution in [3.63, 3.8) is 0 Å². The van der Waals surface area contributed by atoms with Gasteiger partial charge in [-0.25, -0.2) is 19.4 Å². The maximum absolute atomic E-state index is 11.9. The summed E-state index contributed by atoms with van der Waals surface area (Å²) in [6.45, 7) is 6.52. The lowest BCUT2D eigenvalue weighted by molar-refractivity contribution is 0.252. The van der Waals surface area contributed by atoms with E-state index in [0.29, 0.717) is 18.8 Å². The zero-order chi connectivity index (χ0) is 17.8. The van der Waals surface area contributed by atoms with Gasteiger partial charge in [0.25, 0.3) is 0 Å². The van der Waals surface area contributed by atoms with Crippen LogP contribution in [-0.2, 0) is 19.3 Å². The zero-order valence-electron chi connectivity index (χ0n) is 15.0. The Hall–Kier alpha value is -2.51. The number of carbonyl (C=O) groups is 1. The standard InChI is InChI=1S/C17H25N7O/c1-11(2)24-10-16(22-23-24)21-17(25)18-9-8-15-19-12(3)13-6-4-5-7-14(13)20-15/h10-11H,4-9H2,1-3H3,(H2,18,21,25). The number of hydrogen-bond donors (Lipinski definition) is 2. The molecule has 3 rings (SSSR count). The molecule has 134 valence electrons. The van der Waals surface area contributed by atoms with Crippen molar-refractivity contribution < 1.29 is 4.79 Å².